The second kappa shape index (κ2) is 8.47. The van der Waals surface area contributed by atoms with Crippen molar-refractivity contribution < 1.29 is 22.4 Å². The largest absolute Gasteiger partial charge is 0.448 e. The van der Waals surface area contributed by atoms with E-state index in [1.807, 2.05) is 24.3 Å². The van der Waals surface area contributed by atoms with E-state index in [0.29, 0.717) is 42.8 Å². The lowest BCUT2D eigenvalue weighted by molar-refractivity contribution is 0.0730. The van der Waals surface area contributed by atoms with Crippen molar-refractivity contribution in [2.75, 3.05) is 31.6 Å². The van der Waals surface area contributed by atoms with E-state index in [4.69, 9.17) is 9.15 Å². The lowest BCUT2D eigenvalue weighted by atomic mass is 10.3. The van der Waals surface area contributed by atoms with Crippen LogP contribution in [-0.2, 0) is 14.8 Å². The molecule has 32 heavy (non-hydrogen) atoms. The summed E-state index contributed by atoms with van der Waals surface area (Å²) in [7, 11) is -3.66. The van der Waals surface area contributed by atoms with Crippen molar-refractivity contribution >= 4 is 43.2 Å². The number of ether oxygens (including phenoxy) is 1. The number of sulfonamides is 1. The topological polar surface area (TPSA) is 102 Å². The molecule has 5 rings (SSSR count). The fourth-order valence-corrected chi connectivity index (χ4v) is 5.80. The van der Waals surface area contributed by atoms with Gasteiger partial charge in [0.15, 0.2) is 16.5 Å². The quantitative estimate of drug-likeness (QED) is 0.477. The van der Waals surface area contributed by atoms with E-state index in [9.17, 15) is 13.2 Å². The Balaban J connectivity index is 1.34. The average molecular weight is 470 g/mol. The predicted octanol–water partition coefficient (Wildman–Crippen LogP) is 3.83. The van der Waals surface area contributed by atoms with Crippen molar-refractivity contribution in [3.8, 4) is 10.8 Å². The molecule has 0 saturated carbocycles. The SMILES string of the molecule is O=C(Nc1cccc(S(=O)(=O)N2CCOCC2)c1)c1ccc(-c2nc3ccccc3s2)o1. The molecule has 0 unspecified atom stereocenters. The van der Waals surface area contributed by atoms with E-state index in [2.05, 4.69) is 10.3 Å². The van der Waals surface area contributed by atoms with Crippen LogP contribution in [0.5, 0.6) is 0 Å². The van der Waals surface area contributed by atoms with Gasteiger partial charge in [0.1, 0.15) is 0 Å². The Morgan fingerprint density at radius 3 is 2.66 bits per heavy atom. The Morgan fingerprint density at radius 2 is 1.84 bits per heavy atom. The van der Waals surface area contributed by atoms with Crippen LogP contribution in [-0.4, -0.2) is 49.9 Å². The molecule has 0 radical (unpaired) electrons. The number of hydrogen-bond acceptors (Lipinski definition) is 7. The van der Waals surface area contributed by atoms with Gasteiger partial charge in [-0.25, -0.2) is 13.4 Å². The van der Waals surface area contributed by atoms with Gasteiger partial charge in [0.25, 0.3) is 5.91 Å². The van der Waals surface area contributed by atoms with Gasteiger partial charge in [0.05, 0.1) is 28.3 Å². The maximum absolute atomic E-state index is 12.9. The number of anilines is 1. The molecule has 164 valence electrons. The van der Waals surface area contributed by atoms with Gasteiger partial charge in [-0.1, -0.05) is 18.2 Å². The molecule has 1 N–H and O–H groups in total. The van der Waals surface area contributed by atoms with Gasteiger partial charge in [-0.2, -0.15) is 4.31 Å². The number of rotatable bonds is 5. The molecule has 1 aliphatic heterocycles. The van der Waals surface area contributed by atoms with Crippen LogP contribution in [0.25, 0.3) is 21.0 Å². The first-order valence-corrected chi connectivity index (χ1v) is 12.2. The smallest absolute Gasteiger partial charge is 0.291 e. The molecule has 0 aliphatic carbocycles. The number of thiazole rings is 1. The van der Waals surface area contributed by atoms with Crippen molar-refractivity contribution in [1.82, 2.24) is 9.29 Å². The molecule has 0 spiro atoms. The third-order valence-electron chi connectivity index (χ3n) is 5.03. The zero-order valence-corrected chi connectivity index (χ0v) is 18.5. The van der Waals surface area contributed by atoms with Crippen LogP contribution in [0.4, 0.5) is 5.69 Å². The number of morpholine rings is 1. The van der Waals surface area contributed by atoms with E-state index in [-0.39, 0.29) is 10.7 Å². The van der Waals surface area contributed by atoms with Gasteiger partial charge in [0, 0.05) is 18.8 Å². The van der Waals surface area contributed by atoms with Crippen LogP contribution in [0.15, 0.2) is 70.0 Å². The molecular formula is C22H19N3O5S2. The van der Waals surface area contributed by atoms with Crippen molar-refractivity contribution in [3.05, 3.63) is 66.4 Å². The summed E-state index contributed by atoms with van der Waals surface area (Å²) < 4.78 is 39.1. The highest BCUT2D eigenvalue weighted by Crippen LogP contribution is 2.31. The summed E-state index contributed by atoms with van der Waals surface area (Å²) in [5, 5.41) is 3.39. The molecule has 10 heteroatoms. The number of nitrogens with one attached hydrogen (secondary N) is 1. The summed E-state index contributed by atoms with van der Waals surface area (Å²) in [6, 6.07) is 17.2. The minimum absolute atomic E-state index is 0.112. The molecular weight excluding hydrogens is 450 g/mol. The standard InChI is InChI=1S/C22H19N3O5S2/c26-21(18-8-9-19(30-18)22-24-17-6-1-2-7-20(17)31-22)23-15-4-3-5-16(14-15)32(27,28)25-10-12-29-13-11-25/h1-9,14H,10-13H2,(H,23,26). The first-order valence-electron chi connectivity index (χ1n) is 9.96. The monoisotopic (exact) mass is 469 g/mol. The minimum Gasteiger partial charge on any atom is -0.448 e. The molecule has 2 aromatic carbocycles. The summed E-state index contributed by atoms with van der Waals surface area (Å²) in [4.78, 5) is 17.3. The van der Waals surface area contributed by atoms with Crippen LogP contribution < -0.4 is 5.32 Å². The highest BCUT2D eigenvalue weighted by molar-refractivity contribution is 7.89. The predicted molar refractivity (Wildman–Crippen MR) is 121 cm³/mol. The second-order valence-electron chi connectivity index (χ2n) is 7.15. The van der Waals surface area contributed by atoms with Crippen LogP contribution in [0.1, 0.15) is 10.6 Å². The first-order chi connectivity index (χ1) is 15.5. The number of amides is 1. The van der Waals surface area contributed by atoms with Crippen LogP contribution in [0.3, 0.4) is 0 Å². The van der Waals surface area contributed by atoms with Gasteiger partial charge in [0.2, 0.25) is 10.0 Å². The van der Waals surface area contributed by atoms with Crippen molar-refractivity contribution in [1.29, 1.82) is 0 Å². The van der Waals surface area contributed by atoms with Gasteiger partial charge >= 0.3 is 0 Å². The highest BCUT2D eigenvalue weighted by atomic mass is 32.2. The number of hydrogen-bond donors (Lipinski definition) is 1. The van der Waals surface area contributed by atoms with E-state index >= 15 is 0 Å². The molecule has 1 saturated heterocycles. The zero-order valence-electron chi connectivity index (χ0n) is 16.9. The average Bonchev–Trinajstić information content (AvgIpc) is 3.47. The number of furan rings is 1. The van der Waals surface area contributed by atoms with E-state index in [1.54, 1.807) is 24.3 Å². The number of nitrogens with zero attached hydrogens (tertiary/aromatic N) is 2. The number of fused-ring (bicyclic) bond motifs is 1. The number of para-hydroxylation sites is 1. The molecule has 1 amide bonds. The van der Waals surface area contributed by atoms with Gasteiger partial charge in [-0.05, 0) is 42.5 Å². The Kier molecular flexibility index (Phi) is 5.51. The lowest BCUT2D eigenvalue weighted by Crippen LogP contribution is -2.40. The van der Waals surface area contributed by atoms with Crippen LogP contribution in [0.2, 0.25) is 0 Å². The molecule has 4 aromatic rings. The van der Waals surface area contributed by atoms with Gasteiger partial charge in [-0.3, -0.25) is 4.79 Å². The third-order valence-corrected chi connectivity index (χ3v) is 7.98. The molecule has 0 atom stereocenters. The summed E-state index contributed by atoms with van der Waals surface area (Å²) in [5.41, 5.74) is 1.23. The summed E-state index contributed by atoms with van der Waals surface area (Å²) in [5.74, 6) is 0.138. The number of carbonyl (C=O) groups is 1. The minimum atomic E-state index is -3.66. The number of aromatic nitrogens is 1. The Hall–Kier alpha value is -3.05. The Labute approximate surface area is 188 Å². The molecule has 8 nitrogen and oxygen atoms in total. The third kappa shape index (κ3) is 4.05. The van der Waals surface area contributed by atoms with Crippen molar-refractivity contribution in [2.24, 2.45) is 0 Å². The second-order valence-corrected chi connectivity index (χ2v) is 10.1. The zero-order chi connectivity index (χ0) is 22.1. The van der Waals surface area contributed by atoms with Crippen LogP contribution >= 0.6 is 11.3 Å². The van der Waals surface area contributed by atoms with Crippen molar-refractivity contribution in [3.63, 3.8) is 0 Å². The Bertz CT molecular complexity index is 1350. The van der Waals surface area contributed by atoms with Crippen molar-refractivity contribution in [2.45, 2.75) is 4.90 Å². The van der Waals surface area contributed by atoms with E-state index in [1.165, 1.54) is 27.8 Å². The fraction of sp³-hybridized carbons (Fsp3) is 0.182. The molecule has 1 aliphatic rings. The summed E-state index contributed by atoms with van der Waals surface area (Å²) in [6.07, 6.45) is 0. The number of benzene rings is 2. The fourth-order valence-electron chi connectivity index (χ4n) is 3.42. The number of carbonyl (C=O) groups excluding carboxylic acids is 1. The van der Waals surface area contributed by atoms with Gasteiger partial charge in [-0.15, -0.1) is 11.3 Å². The molecule has 1 fully saturated rings. The first kappa shape index (κ1) is 20.8. The lowest BCUT2D eigenvalue weighted by Gasteiger charge is -2.26. The molecule has 3 heterocycles. The van der Waals surface area contributed by atoms with E-state index < -0.39 is 15.9 Å². The molecule has 0 bridgehead atoms. The van der Waals surface area contributed by atoms with E-state index in [0.717, 1.165) is 10.2 Å². The maximum Gasteiger partial charge on any atom is 0.291 e. The molecule has 2 aromatic heterocycles. The normalized spacial score (nSPS) is 15.1. The summed E-state index contributed by atoms with van der Waals surface area (Å²) in [6.45, 7) is 1.34. The highest BCUT2D eigenvalue weighted by Gasteiger charge is 2.26. The Morgan fingerprint density at radius 1 is 1.03 bits per heavy atom. The summed E-state index contributed by atoms with van der Waals surface area (Å²) >= 11 is 1.48. The maximum atomic E-state index is 12.9. The van der Waals surface area contributed by atoms with Gasteiger partial charge < -0.3 is 14.5 Å². The van der Waals surface area contributed by atoms with Crippen LogP contribution in [0, 0.1) is 0 Å².